The van der Waals surface area contributed by atoms with Crippen molar-refractivity contribution in [2.24, 2.45) is 15.9 Å². The second-order valence-electron chi connectivity index (χ2n) is 12.0. The molecular weight excluding hydrogens is 504 g/mol. The molecule has 1 aliphatic carbocycles. The summed E-state index contributed by atoms with van der Waals surface area (Å²) in [6.07, 6.45) is 0.502. The summed E-state index contributed by atoms with van der Waals surface area (Å²) in [6, 6.07) is 13.6. The number of benzene rings is 2. The van der Waals surface area contributed by atoms with Gasteiger partial charge in [0.15, 0.2) is 5.78 Å². The molecule has 1 saturated carbocycles. The number of nitrogens with zero attached hydrogens (tertiary/aromatic N) is 2. The molecule has 2 aromatic carbocycles. The second kappa shape index (κ2) is 9.20. The van der Waals surface area contributed by atoms with Gasteiger partial charge in [-0.1, -0.05) is 71.9 Å². The monoisotopic (exact) mass is 538 g/mol. The fraction of sp³-hybridized carbons (Fsp3) is 0.483. The summed E-state index contributed by atoms with van der Waals surface area (Å²) >= 11 is 3.29. The van der Waals surface area contributed by atoms with E-state index in [0.717, 1.165) is 22.5 Å². The highest BCUT2D eigenvalue weighted by Gasteiger charge is 2.52. The smallest absolute Gasteiger partial charge is 0.182 e. The van der Waals surface area contributed by atoms with E-state index in [-0.39, 0.29) is 52.4 Å². The average Bonchev–Trinajstić information content (AvgIpc) is 3.25. The number of hydrogen-bond acceptors (Lipinski definition) is 4. The molecule has 2 aromatic rings. The fourth-order valence-electron chi connectivity index (χ4n) is 5.62. The summed E-state index contributed by atoms with van der Waals surface area (Å²) in [5.41, 5.74) is 2.54. The number of phenols is 1. The Labute approximate surface area is 217 Å². The third-order valence-corrected chi connectivity index (χ3v) is 7.75. The Balaban J connectivity index is 1.65. The molecule has 1 saturated heterocycles. The topological polar surface area (TPSA) is 70.0 Å². The lowest BCUT2D eigenvalue weighted by Gasteiger charge is -2.28. The van der Waals surface area contributed by atoms with Gasteiger partial charge in [0.25, 0.3) is 0 Å². The van der Waals surface area contributed by atoms with E-state index >= 15 is 0 Å². The molecule has 2 aliphatic rings. The minimum atomic E-state index is -0.309. The third-order valence-electron chi connectivity index (χ3n) is 7.38. The molecular formula is C29H35BrN2O3. The predicted octanol–water partition coefficient (Wildman–Crippen LogP) is 6.18. The standard InChI is InChI=1S/C29H35BrN2O3/c1-28(2,3)20-12-18(13-21(26(20)35)29(4,5)6)23(34)16-32-15-19-14-22(33)24(25(19)27(32)31-30)17-10-8-7-9-11-17/h7-13,19,24-25,35H,14-16H2,1-6H3/b31-27-/t19-,24-,25+/m0/s1. The van der Waals surface area contributed by atoms with E-state index in [0.29, 0.717) is 18.5 Å². The van der Waals surface area contributed by atoms with Crippen LogP contribution in [0, 0.1) is 11.8 Å². The maximum absolute atomic E-state index is 13.6. The minimum absolute atomic E-state index is 0.0165. The van der Waals surface area contributed by atoms with Crippen LogP contribution in [0.25, 0.3) is 0 Å². The molecule has 0 amide bonds. The Morgan fingerprint density at radius 2 is 1.63 bits per heavy atom. The number of carbonyl (C=O) groups is 2. The summed E-state index contributed by atoms with van der Waals surface area (Å²) in [5, 5.41) is 11.0. The number of aromatic hydroxyl groups is 1. The first-order valence-corrected chi connectivity index (χ1v) is 13.0. The van der Waals surface area contributed by atoms with Crippen LogP contribution in [0.4, 0.5) is 0 Å². The van der Waals surface area contributed by atoms with Crippen molar-refractivity contribution >= 4 is 33.5 Å². The minimum Gasteiger partial charge on any atom is -0.507 e. The molecule has 3 atom stereocenters. The van der Waals surface area contributed by atoms with Crippen molar-refractivity contribution in [2.45, 2.75) is 64.7 Å². The number of amidine groups is 1. The van der Waals surface area contributed by atoms with E-state index in [2.05, 4.69) is 20.2 Å². The van der Waals surface area contributed by atoms with Crippen LogP contribution in [0.2, 0.25) is 0 Å². The van der Waals surface area contributed by atoms with E-state index in [1.54, 1.807) is 0 Å². The summed E-state index contributed by atoms with van der Waals surface area (Å²) in [4.78, 5) is 28.5. The number of rotatable bonds is 4. The van der Waals surface area contributed by atoms with E-state index in [4.69, 9.17) is 0 Å². The van der Waals surface area contributed by atoms with Crippen LogP contribution in [-0.2, 0) is 15.6 Å². The molecule has 1 N–H and O–H groups in total. The first kappa shape index (κ1) is 25.6. The maximum Gasteiger partial charge on any atom is 0.182 e. The van der Waals surface area contributed by atoms with Crippen molar-refractivity contribution in [1.82, 2.24) is 4.90 Å². The molecule has 0 bridgehead atoms. The number of carbonyl (C=O) groups excluding carboxylic acids is 2. The molecule has 1 heterocycles. The van der Waals surface area contributed by atoms with Gasteiger partial charge >= 0.3 is 0 Å². The van der Waals surface area contributed by atoms with Gasteiger partial charge in [0.1, 0.15) is 17.4 Å². The van der Waals surface area contributed by atoms with E-state index in [1.807, 2.05) is 88.9 Å². The third kappa shape index (κ3) is 4.82. The Morgan fingerprint density at radius 1 is 1.06 bits per heavy atom. The van der Waals surface area contributed by atoms with Gasteiger partial charge in [-0.15, -0.1) is 0 Å². The molecule has 0 unspecified atom stereocenters. The molecule has 0 radical (unpaired) electrons. The van der Waals surface area contributed by atoms with Crippen molar-refractivity contribution in [3.8, 4) is 5.75 Å². The van der Waals surface area contributed by atoms with E-state index < -0.39 is 0 Å². The molecule has 1 aliphatic heterocycles. The summed E-state index contributed by atoms with van der Waals surface area (Å²) < 4.78 is 4.41. The number of Topliss-reactive ketones (excluding diaryl/α,β-unsaturated/α-hetero) is 2. The van der Waals surface area contributed by atoms with Crippen LogP contribution in [0.3, 0.4) is 0 Å². The van der Waals surface area contributed by atoms with Gasteiger partial charge in [0.2, 0.25) is 0 Å². The average molecular weight is 540 g/mol. The lowest BCUT2D eigenvalue weighted by Crippen LogP contribution is -2.35. The van der Waals surface area contributed by atoms with Gasteiger partial charge in [0.05, 0.1) is 28.6 Å². The van der Waals surface area contributed by atoms with Crippen LogP contribution in [0.5, 0.6) is 5.75 Å². The highest BCUT2D eigenvalue weighted by molar-refractivity contribution is 9.08. The molecule has 6 heteroatoms. The van der Waals surface area contributed by atoms with Gasteiger partial charge < -0.3 is 10.0 Å². The zero-order valence-corrected chi connectivity index (χ0v) is 23.0. The Bertz CT molecular complexity index is 1140. The van der Waals surface area contributed by atoms with Crippen molar-refractivity contribution in [2.75, 3.05) is 13.1 Å². The van der Waals surface area contributed by atoms with Crippen LogP contribution >= 0.6 is 16.1 Å². The second-order valence-corrected chi connectivity index (χ2v) is 12.4. The molecule has 2 fully saturated rings. The molecule has 186 valence electrons. The van der Waals surface area contributed by atoms with E-state index in [9.17, 15) is 14.7 Å². The van der Waals surface area contributed by atoms with Crippen molar-refractivity contribution in [3.63, 3.8) is 0 Å². The molecule has 0 spiro atoms. The lowest BCUT2D eigenvalue weighted by atomic mass is 9.78. The molecule has 4 rings (SSSR count). The number of ketones is 2. The van der Waals surface area contributed by atoms with Crippen LogP contribution in [0.1, 0.15) is 80.9 Å². The maximum atomic E-state index is 13.6. The first-order chi connectivity index (χ1) is 16.3. The van der Waals surface area contributed by atoms with Crippen LogP contribution in [-0.4, -0.2) is 40.5 Å². The molecule has 35 heavy (non-hydrogen) atoms. The quantitative estimate of drug-likeness (QED) is 0.471. The number of halogens is 1. The highest BCUT2D eigenvalue weighted by atomic mass is 79.9. The molecule has 0 aromatic heterocycles. The summed E-state index contributed by atoms with van der Waals surface area (Å²) in [6.45, 7) is 13.1. The van der Waals surface area contributed by atoms with Gasteiger partial charge in [-0.2, -0.15) is 4.02 Å². The lowest BCUT2D eigenvalue weighted by molar-refractivity contribution is -0.119. The zero-order chi connectivity index (χ0) is 25.7. The Hall–Kier alpha value is -2.47. The highest BCUT2D eigenvalue weighted by Crippen LogP contribution is 2.47. The number of phenolic OH excluding ortho intramolecular Hbond substituents is 1. The largest absolute Gasteiger partial charge is 0.507 e. The van der Waals surface area contributed by atoms with Crippen LogP contribution in [0.15, 0.2) is 46.5 Å². The van der Waals surface area contributed by atoms with Gasteiger partial charge in [0, 0.05) is 35.6 Å². The predicted molar refractivity (Wildman–Crippen MR) is 144 cm³/mol. The number of hydrogen-bond donors (Lipinski definition) is 1. The normalized spacial score (nSPS) is 23.7. The SMILES string of the molecule is CC(C)(C)c1cc(C(=O)CN2C[C@@H]3CC(=O)[C@H](c4ccccc4)[C@@H]3/C2=N/Br)cc(C(C)(C)C)c1O. The van der Waals surface area contributed by atoms with E-state index in [1.165, 1.54) is 0 Å². The van der Waals surface area contributed by atoms with Gasteiger partial charge in [-0.3, -0.25) is 9.59 Å². The fourth-order valence-corrected chi connectivity index (χ4v) is 6.08. The van der Waals surface area contributed by atoms with Gasteiger partial charge in [-0.05, 0) is 34.4 Å². The Morgan fingerprint density at radius 3 is 2.14 bits per heavy atom. The van der Waals surface area contributed by atoms with Crippen molar-refractivity contribution in [1.29, 1.82) is 0 Å². The number of likely N-dealkylation sites (tertiary alicyclic amines) is 1. The van der Waals surface area contributed by atoms with Crippen LogP contribution < -0.4 is 0 Å². The zero-order valence-electron chi connectivity index (χ0n) is 21.4. The Kier molecular flexibility index (Phi) is 6.73. The summed E-state index contributed by atoms with van der Waals surface area (Å²) in [7, 11) is 0. The van der Waals surface area contributed by atoms with Gasteiger partial charge in [-0.25, -0.2) is 0 Å². The molecule has 5 nitrogen and oxygen atoms in total. The van der Waals surface area contributed by atoms with Crippen molar-refractivity contribution in [3.05, 3.63) is 64.7 Å². The van der Waals surface area contributed by atoms with Crippen molar-refractivity contribution < 1.29 is 14.7 Å². The number of fused-ring (bicyclic) bond motifs is 1. The summed E-state index contributed by atoms with van der Waals surface area (Å²) in [5.74, 6) is 1.15. The first-order valence-electron chi connectivity index (χ1n) is 12.3.